The van der Waals surface area contributed by atoms with Gasteiger partial charge in [-0.25, -0.2) is 0 Å². The van der Waals surface area contributed by atoms with E-state index in [2.05, 4.69) is 63.2 Å². The Morgan fingerprint density at radius 1 is 0.814 bits per heavy atom. The maximum absolute atomic E-state index is 13.4. The van der Waals surface area contributed by atoms with Crippen molar-refractivity contribution in [2.75, 3.05) is 26.7 Å². The van der Waals surface area contributed by atoms with Crippen LogP contribution >= 0.6 is 0 Å². The van der Waals surface area contributed by atoms with Gasteiger partial charge >= 0.3 is 0 Å². The average Bonchev–Trinajstić information content (AvgIpc) is 3.39. The number of carbonyl (C=O) groups is 2. The van der Waals surface area contributed by atoms with Crippen LogP contribution in [0.1, 0.15) is 139 Å². The molecular weight excluding hydrogens is 530 g/mol. The molecule has 238 valence electrons. The highest BCUT2D eigenvalue weighted by molar-refractivity contribution is 6.03. The van der Waals surface area contributed by atoms with Crippen LogP contribution in [0.5, 0.6) is 0 Å². The molecule has 0 radical (unpaired) electrons. The van der Waals surface area contributed by atoms with Crippen LogP contribution in [0.2, 0.25) is 0 Å². The minimum atomic E-state index is -0.123. The Labute approximate surface area is 262 Å². The summed E-state index contributed by atoms with van der Waals surface area (Å²) >= 11 is 0. The van der Waals surface area contributed by atoms with Gasteiger partial charge in [0.25, 0.3) is 0 Å². The van der Waals surface area contributed by atoms with E-state index in [-0.39, 0.29) is 23.8 Å². The van der Waals surface area contributed by atoms with Crippen molar-refractivity contribution in [3.8, 4) is 0 Å². The molecule has 1 aliphatic carbocycles. The van der Waals surface area contributed by atoms with Crippen LogP contribution < -0.4 is 0 Å². The summed E-state index contributed by atoms with van der Waals surface area (Å²) in [5.41, 5.74) is 4.74. The molecule has 4 rings (SSSR count). The van der Waals surface area contributed by atoms with Gasteiger partial charge < -0.3 is 4.90 Å². The highest BCUT2D eigenvalue weighted by Crippen LogP contribution is 2.42. The second-order valence-corrected chi connectivity index (χ2v) is 13.2. The zero-order valence-electron chi connectivity index (χ0n) is 27.8. The summed E-state index contributed by atoms with van der Waals surface area (Å²) in [7, 11) is 2.14. The number of carbonyl (C=O) groups excluding carboxylic acids is 2. The lowest BCUT2D eigenvalue weighted by atomic mass is 9.79. The second-order valence-electron chi connectivity index (χ2n) is 13.2. The quantitative estimate of drug-likeness (QED) is 0.153. The number of rotatable bonds is 19. The van der Waals surface area contributed by atoms with Gasteiger partial charge in [-0.3, -0.25) is 19.1 Å². The first-order valence-electron chi connectivity index (χ1n) is 17.9. The van der Waals surface area contributed by atoms with Gasteiger partial charge in [0.15, 0.2) is 0 Å². The van der Waals surface area contributed by atoms with Crippen LogP contribution in [0.25, 0.3) is 16.5 Å². The summed E-state index contributed by atoms with van der Waals surface area (Å²) in [4.78, 5) is 30.9. The van der Waals surface area contributed by atoms with Gasteiger partial charge in [0.1, 0.15) is 0 Å². The molecule has 0 unspecified atom stereocenters. The molecule has 0 saturated carbocycles. The maximum atomic E-state index is 13.4. The highest BCUT2D eigenvalue weighted by Gasteiger charge is 2.37. The molecule has 2 heterocycles. The fraction of sp³-hybridized carbons (Fsp3) is 0.684. The third kappa shape index (κ3) is 8.62. The summed E-state index contributed by atoms with van der Waals surface area (Å²) < 4.78 is 1.93. The van der Waals surface area contributed by atoms with Gasteiger partial charge in [0.05, 0.1) is 11.4 Å². The third-order valence-electron chi connectivity index (χ3n) is 10.0. The highest BCUT2D eigenvalue weighted by atomic mass is 16.2. The molecule has 5 nitrogen and oxygen atoms in total. The van der Waals surface area contributed by atoms with E-state index in [4.69, 9.17) is 0 Å². The minimum Gasteiger partial charge on any atom is -0.343 e. The Morgan fingerprint density at radius 3 is 1.98 bits per heavy atom. The molecule has 0 fully saturated rings. The Morgan fingerprint density at radius 2 is 1.40 bits per heavy atom. The fourth-order valence-corrected chi connectivity index (χ4v) is 7.46. The van der Waals surface area contributed by atoms with E-state index in [1.54, 1.807) is 0 Å². The van der Waals surface area contributed by atoms with E-state index < -0.39 is 0 Å². The van der Waals surface area contributed by atoms with Crippen LogP contribution in [0.15, 0.2) is 30.5 Å². The van der Waals surface area contributed by atoms with Gasteiger partial charge in [-0.15, -0.1) is 0 Å². The van der Waals surface area contributed by atoms with Gasteiger partial charge in [-0.1, -0.05) is 115 Å². The molecule has 1 aliphatic heterocycles. The zero-order chi connectivity index (χ0) is 30.6. The summed E-state index contributed by atoms with van der Waals surface area (Å²) in [6, 6.07) is 6.61. The van der Waals surface area contributed by atoms with Gasteiger partial charge in [0.2, 0.25) is 11.8 Å². The Hall–Kier alpha value is -2.40. The molecule has 0 saturated heterocycles. The Balaban J connectivity index is 1.24. The molecule has 0 bridgehead atoms. The summed E-state index contributed by atoms with van der Waals surface area (Å²) in [5.74, 6) is 0.309. The zero-order valence-corrected chi connectivity index (χ0v) is 27.8. The van der Waals surface area contributed by atoms with Crippen molar-refractivity contribution < 1.29 is 9.59 Å². The summed E-state index contributed by atoms with van der Waals surface area (Å²) in [6.07, 6.45) is 25.8. The van der Waals surface area contributed by atoms with Crippen molar-refractivity contribution in [3.63, 3.8) is 0 Å². The third-order valence-corrected chi connectivity index (χ3v) is 10.0. The van der Waals surface area contributed by atoms with Crippen LogP contribution in [-0.2, 0) is 11.2 Å². The maximum Gasteiger partial charge on any atom is 0.231 e. The average molecular weight is 590 g/mol. The Bertz CT molecular complexity index is 1210. The molecule has 2 aliphatic rings. The number of aromatic nitrogens is 1. The number of likely N-dealkylation sites (N-methyl/N-ethyl adjacent to an activating group) is 1. The minimum absolute atomic E-state index is 0.123. The first kappa shape index (κ1) is 33.5. The predicted octanol–water partition coefficient (Wildman–Crippen LogP) is 9.28. The van der Waals surface area contributed by atoms with Crippen LogP contribution in [0.3, 0.4) is 0 Å². The van der Waals surface area contributed by atoms with Crippen molar-refractivity contribution >= 4 is 28.3 Å². The largest absolute Gasteiger partial charge is 0.343 e. The van der Waals surface area contributed by atoms with Crippen molar-refractivity contribution in [2.45, 2.75) is 136 Å². The van der Waals surface area contributed by atoms with Crippen LogP contribution in [-0.4, -0.2) is 58.9 Å². The lowest BCUT2D eigenvalue weighted by Gasteiger charge is -2.40. The SMILES string of the molecule is CCCCCCCCCCCCCCCCCC(=O)n1cc2c3c(cccc31)C1=C[C@@H](C(=O)N(CC)CC)CN(C)[C@@H]1C2. The number of hydrogen-bond donors (Lipinski definition) is 0. The molecule has 1 amide bonds. The Kier molecular flexibility index (Phi) is 13.4. The lowest BCUT2D eigenvalue weighted by Crippen LogP contribution is -2.47. The van der Waals surface area contributed by atoms with E-state index in [0.717, 1.165) is 44.4 Å². The van der Waals surface area contributed by atoms with Gasteiger partial charge in [0, 0.05) is 43.7 Å². The standard InChI is InChI=1S/C38H59N3O2/c1-5-8-9-10-11-12-13-14-15-16-17-18-19-20-21-25-36(42)41-29-30-27-35-33(32-23-22-24-34(41)37(30)32)26-31(28-39(35)4)38(43)40(6-2)7-3/h22-24,26,29,31,35H,5-21,25,27-28H2,1-4H3/t31-,35-/m1/s1. The normalized spacial score (nSPS) is 18.1. The summed E-state index contributed by atoms with van der Waals surface area (Å²) in [6.45, 7) is 8.62. The van der Waals surface area contributed by atoms with Crippen molar-refractivity contribution in [3.05, 3.63) is 41.6 Å². The first-order valence-corrected chi connectivity index (χ1v) is 17.9. The van der Waals surface area contributed by atoms with Crippen molar-refractivity contribution in [2.24, 2.45) is 5.92 Å². The number of nitrogens with zero attached hydrogens (tertiary/aromatic N) is 3. The van der Waals surface area contributed by atoms with Crippen molar-refractivity contribution in [1.29, 1.82) is 0 Å². The predicted molar refractivity (Wildman–Crippen MR) is 182 cm³/mol. The van der Waals surface area contributed by atoms with Crippen LogP contribution in [0, 0.1) is 5.92 Å². The van der Waals surface area contributed by atoms with E-state index in [0.29, 0.717) is 6.42 Å². The molecule has 1 aromatic heterocycles. The molecule has 2 atom stereocenters. The molecule has 1 aromatic carbocycles. The number of benzene rings is 1. The summed E-state index contributed by atoms with van der Waals surface area (Å²) in [5, 5.41) is 1.21. The van der Waals surface area contributed by atoms with E-state index >= 15 is 0 Å². The van der Waals surface area contributed by atoms with Gasteiger partial charge in [-0.2, -0.15) is 0 Å². The molecule has 43 heavy (non-hydrogen) atoms. The second kappa shape index (κ2) is 17.2. The molecular formula is C38H59N3O2. The number of hydrogen-bond acceptors (Lipinski definition) is 3. The fourth-order valence-electron chi connectivity index (χ4n) is 7.46. The molecule has 0 N–H and O–H groups in total. The lowest BCUT2D eigenvalue weighted by molar-refractivity contribution is -0.134. The van der Waals surface area contributed by atoms with Gasteiger partial charge in [-0.05, 0) is 56.5 Å². The van der Waals surface area contributed by atoms with Crippen LogP contribution in [0.4, 0.5) is 0 Å². The number of unbranched alkanes of at least 4 members (excludes halogenated alkanes) is 14. The number of amides is 1. The van der Waals surface area contributed by atoms with Crippen molar-refractivity contribution in [1.82, 2.24) is 14.4 Å². The first-order chi connectivity index (χ1) is 21.0. The van der Waals surface area contributed by atoms with E-state index in [9.17, 15) is 9.59 Å². The smallest absolute Gasteiger partial charge is 0.231 e. The monoisotopic (exact) mass is 589 g/mol. The van der Waals surface area contributed by atoms with E-state index in [1.807, 2.05) is 9.47 Å². The molecule has 0 spiro atoms. The topological polar surface area (TPSA) is 45.6 Å². The molecule has 5 heteroatoms. The number of fused-ring (bicyclic) bond motifs is 2. The molecule has 2 aromatic rings. The van der Waals surface area contributed by atoms with E-state index in [1.165, 1.54) is 106 Å².